The van der Waals surface area contributed by atoms with Crippen LogP contribution in [0.15, 0.2) is 29.6 Å². The van der Waals surface area contributed by atoms with Gasteiger partial charge in [0.1, 0.15) is 25.3 Å². The molecule has 1 aliphatic heterocycles. The van der Waals surface area contributed by atoms with Gasteiger partial charge in [-0.1, -0.05) is 13.8 Å². The van der Waals surface area contributed by atoms with Crippen molar-refractivity contribution in [3.63, 3.8) is 0 Å². The van der Waals surface area contributed by atoms with Gasteiger partial charge in [0.25, 0.3) is 5.56 Å². The van der Waals surface area contributed by atoms with E-state index in [2.05, 4.69) is 37.1 Å². The van der Waals surface area contributed by atoms with Crippen molar-refractivity contribution < 1.29 is 9.53 Å². The van der Waals surface area contributed by atoms with E-state index in [4.69, 9.17) is 4.74 Å². The molecule has 10 nitrogen and oxygen atoms in total. The van der Waals surface area contributed by atoms with Crippen molar-refractivity contribution in [2.45, 2.75) is 26.3 Å². The third-order valence-corrected chi connectivity index (χ3v) is 4.94. The number of ether oxygens (including phenoxy) is 1. The summed E-state index contributed by atoms with van der Waals surface area (Å²) in [6, 6.07) is 3.28. The summed E-state index contributed by atoms with van der Waals surface area (Å²) in [6.07, 6.45) is 2.90. The molecule has 0 atom stereocenters. The van der Waals surface area contributed by atoms with Crippen LogP contribution in [0.5, 0.6) is 5.88 Å². The molecular formula is C20H29N7O3. The average Bonchev–Trinajstić information content (AvgIpc) is 2.73. The first kappa shape index (κ1) is 21.7. The number of piperazine rings is 1. The third kappa shape index (κ3) is 5.99. The van der Waals surface area contributed by atoms with E-state index in [0.29, 0.717) is 18.1 Å². The highest BCUT2D eigenvalue weighted by Crippen LogP contribution is 2.17. The lowest BCUT2D eigenvalue weighted by Crippen LogP contribution is -2.44. The number of aromatic nitrogens is 4. The largest absolute Gasteiger partial charge is 0.476 e. The number of nitrogens with zero attached hydrogens (tertiary/aromatic N) is 6. The Morgan fingerprint density at radius 3 is 2.63 bits per heavy atom. The van der Waals surface area contributed by atoms with E-state index < -0.39 is 0 Å². The van der Waals surface area contributed by atoms with Crippen molar-refractivity contribution in [1.29, 1.82) is 0 Å². The maximum Gasteiger partial charge on any atom is 0.254 e. The standard InChI is InChI=1S/C20H29N7O3/c1-15(2)16-10-20(29)27(14-24-16)12-18(28)21-4-9-30-19-11-17(22-13-23-19)26-7-5-25(3)6-8-26/h10-11,13-15H,4-9,12H2,1-3H3,(H,21,28). The fourth-order valence-corrected chi connectivity index (χ4v) is 3.05. The first-order chi connectivity index (χ1) is 14.4. The Morgan fingerprint density at radius 1 is 1.17 bits per heavy atom. The summed E-state index contributed by atoms with van der Waals surface area (Å²) in [6.45, 7) is 8.23. The van der Waals surface area contributed by atoms with Gasteiger partial charge in [-0.2, -0.15) is 0 Å². The fourth-order valence-electron chi connectivity index (χ4n) is 3.05. The van der Waals surface area contributed by atoms with E-state index in [1.165, 1.54) is 23.3 Å². The molecule has 0 aromatic carbocycles. The molecule has 162 valence electrons. The Bertz CT molecular complexity index is 907. The Balaban J connectivity index is 1.43. The van der Waals surface area contributed by atoms with Gasteiger partial charge in [-0.3, -0.25) is 14.2 Å². The zero-order valence-corrected chi connectivity index (χ0v) is 17.7. The van der Waals surface area contributed by atoms with Gasteiger partial charge < -0.3 is 19.9 Å². The van der Waals surface area contributed by atoms with E-state index in [1.807, 2.05) is 19.9 Å². The van der Waals surface area contributed by atoms with Crippen molar-refractivity contribution in [2.75, 3.05) is 51.3 Å². The smallest absolute Gasteiger partial charge is 0.254 e. The summed E-state index contributed by atoms with van der Waals surface area (Å²) in [5.74, 6) is 1.20. The summed E-state index contributed by atoms with van der Waals surface area (Å²) >= 11 is 0. The molecule has 3 rings (SSSR count). The molecular weight excluding hydrogens is 386 g/mol. The molecule has 3 heterocycles. The summed E-state index contributed by atoms with van der Waals surface area (Å²) in [5.41, 5.74) is 0.475. The molecule has 0 aliphatic carbocycles. The second kappa shape index (κ2) is 10.1. The monoisotopic (exact) mass is 415 g/mol. The first-order valence-electron chi connectivity index (χ1n) is 10.1. The highest BCUT2D eigenvalue weighted by atomic mass is 16.5. The lowest BCUT2D eigenvalue weighted by atomic mass is 10.1. The number of hydrogen-bond donors (Lipinski definition) is 1. The predicted molar refractivity (Wildman–Crippen MR) is 113 cm³/mol. The highest BCUT2D eigenvalue weighted by Gasteiger charge is 2.16. The Hall–Kier alpha value is -3.01. The topological polar surface area (TPSA) is 105 Å². The SMILES string of the molecule is CC(C)c1cc(=O)n(CC(=O)NCCOc2cc(N3CCN(C)CC3)ncn2)cn1. The third-order valence-electron chi connectivity index (χ3n) is 4.94. The molecule has 30 heavy (non-hydrogen) atoms. The maximum atomic E-state index is 12.1. The average molecular weight is 415 g/mol. The van der Waals surface area contributed by atoms with Crippen molar-refractivity contribution in [1.82, 2.24) is 29.7 Å². The number of hydrogen-bond acceptors (Lipinski definition) is 8. The van der Waals surface area contributed by atoms with Crippen molar-refractivity contribution >= 4 is 11.7 Å². The molecule has 10 heteroatoms. The van der Waals surface area contributed by atoms with E-state index in [1.54, 1.807) is 0 Å². The van der Waals surface area contributed by atoms with Crippen LogP contribution < -0.4 is 20.5 Å². The second-order valence-electron chi connectivity index (χ2n) is 7.64. The molecule has 0 radical (unpaired) electrons. The van der Waals surface area contributed by atoms with Crippen molar-refractivity contribution in [3.05, 3.63) is 40.8 Å². The van der Waals surface area contributed by atoms with E-state index >= 15 is 0 Å². The molecule has 0 spiro atoms. The predicted octanol–water partition coefficient (Wildman–Crippen LogP) is 0.104. The van der Waals surface area contributed by atoms with Gasteiger partial charge in [-0.05, 0) is 13.0 Å². The van der Waals surface area contributed by atoms with E-state index in [9.17, 15) is 9.59 Å². The first-order valence-corrected chi connectivity index (χ1v) is 10.1. The molecule has 2 aromatic heterocycles. The molecule has 1 N–H and O–H groups in total. The molecule has 1 amide bonds. The van der Waals surface area contributed by atoms with Crippen molar-refractivity contribution in [2.24, 2.45) is 0 Å². The minimum Gasteiger partial charge on any atom is -0.476 e. The van der Waals surface area contributed by atoms with Gasteiger partial charge in [0.15, 0.2) is 0 Å². The number of rotatable bonds is 8. The number of likely N-dealkylation sites (N-methyl/N-ethyl adjacent to an activating group) is 1. The highest BCUT2D eigenvalue weighted by molar-refractivity contribution is 5.75. The lowest BCUT2D eigenvalue weighted by molar-refractivity contribution is -0.121. The van der Waals surface area contributed by atoms with Gasteiger partial charge in [-0.25, -0.2) is 15.0 Å². The van der Waals surface area contributed by atoms with Crippen LogP contribution in [0.4, 0.5) is 5.82 Å². The van der Waals surface area contributed by atoms with Crippen LogP contribution in [0.25, 0.3) is 0 Å². The van der Waals surface area contributed by atoms with Crippen LogP contribution in [-0.2, 0) is 11.3 Å². The Kier molecular flexibility index (Phi) is 7.34. The summed E-state index contributed by atoms with van der Waals surface area (Å²) in [4.78, 5) is 41.3. The zero-order chi connectivity index (χ0) is 21.5. The Morgan fingerprint density at radius 2 is 1.93 bits per heavy atom. The molecule has 0 saturated carbocycles. The van der Waals surface area contributed by atoms with Crippen LogP contribution in [0.1, 0.15) is 25.5 Å². The molecule has 0 unspecified atom stereocenters. The summed E-state index contributed by atoms with van der Waals surface area (Å²) in [7, 11) is 2.10. The van der Waals surface area contributed by atoms with E-state index in [-0.39, 0.29) is 30.5 Å². The molecule has 1 aliphatic rings. The molecule has 1 saturated heterocycles. The van der Waals surface area contributed by atoms with Crippen LogP contribution >= 0.6 is 0 Å². The van der Waals surface area contributed by atoms with Crippen molar-refractivity contribution in [3.8, 4) is 5.88 Å². The van der Waals surface area contributed by atoms with Gasteiger partial charge in [0.05, 0.1) is 18.6 Å². The van der Waals surface area contributed by atoms with Crippen LogP contribution in [0.3, 0.4) is 0 Å². The number of nitrogens with one attached hydrogen (secondary N) is 1. The van der Waals surface area contributed by atoms with Gasteiger partial charge >= 0.3 is 0 Å². The lowest BCUT2D eigenvalue weighted by Gasteiger charge is -2.33. The number of carbonyl (C=O) groups is 1. The van der Waals surface area contributed by atoms with Crippen LogP contribution in [0, 0.1) is 0 Å². The minimum atomic E-state index is -0.277. The van der Waals surface area contributed by atoms with Crippen LogP contribution in [-0.4, -0.2) is 76.7 Å². The fraction of sp³-hybridized carbons (Fsp3) is 0.550. The summed E-state index contributed by atoms with van der Waals surface area (Å²) < 4.78 is 6.93. The van der Waals surface area contributed by atoms with E-state index in [0.717, 1.165) is 32.0 Å². The normalized spacial score (nSPS) is 14.7. The quantitative estimate of drug-likeness (QED) is 0.606. The van der Waals surface area contributed by atoms with Gasteiger partial charge in [-0.15, -0.1) is 0 Å². The zero-order valence-electron chi connectivity index (χ0n) is 17.7. The Labute approximate surface area is 175 Å². The number of anilines is 1. The second-order valence-corrected chi connectivity index (χ2v) is 7.64. The van der Waals surface area contributed by atoms with Crippen LogP contribution in [0.2, 0.25) is 0 Å². The molecule has 1 fully saturated rings. The maximum absolute atomic E-state index is 12.1. The number of amides is 1. The summed E-state index contributed by atoms with van der Waals surface area (Å²) in [5, 5.41) is 2.74. The molecule has 2 aromatic rings. The number of carbonyl (C=O) groups excluding carboxylic acids is 1. The minimum absolute atomic E-state index is 0.0781. The van der Waals surface area contributed by atoms with Gasteiger partial charge in [0, 0.05) is 38.3 Å². The van der Waals surface area contributed by atoms with Gasteiger partial charge in [0.2, 0.25) is 11.8 Å². The molecule has 0 bridgehead atoms.